The van der Waals surface area contributed by atoms with E-state index in [9.17, 15) is 10.1 Å². The van der Waals surface area contributed by atoms with Gasteiger partial charge in [0.15, 0.2) is 0 Å². The number of aromatic amines is 1. The van der Waals surface area contributed by atoms with Crippen LogP contribution in [0.4, 0.5) is 5.69 Å². The van der Waals surface area contributed by atoms with Crippen LogP contribution in [-0.2, 0) is 0 Å². The zero-order chi connectivity index (χ0) is 11.1. The van der Waals surface area contributed by atoms with Crippen molar-refractivity contribution in [3.05, 3.63) is 46.6 Å². The van der Waals surface area contributed by atoms with Crippen molar-refractivity contribution in [2.24, 2.45) is 0 Å². The molecule has 0 aliphatic heterocycles. The first-order chi connectivity index (χ1) is 7.77. The summed E-state index contributed by atoms with van der Waals surface area (Å²) in [5.41, 5.74) is 0.714. The third-order valence-corrected chi connectivity index (χ3v) is 2.56. The maximum absolute atomic E-state index is 10.9. The molecule has 0 aliphatic rings. The van der Waals surface area contributed by atoms with Crippen LogP contribution in [0.5, 0.6) is 0 Å². The van der Waals surface area contributed by atoms with Gasteiger partial charge in [0.05, 0.1) is 15.8 Å². The smallest absolute Gasteiger partial charge is 0.277 e. The van der Waals surface area contributed by atoms with Gasteiger partial charge in [0.2, 0.25) is 0 Å². The minimum atomic E-state index is -0.386. The summed E-state index contributed by atoms with van der Waals surface area (Å²) in [6.07, 6.45) is 2.80. The fourth-order valence-corrected chi connectivity index (χ4v) is 1.86. The quantitative estimate of drug-likeness (QED) is 0.497. The van der Waals surface area contributed by atoms with E-state index in [1.807, 2.05) is 12.1 Å². The second-order valence-electron chi connectivity index (χ2n) is 3.46. The number of aromatic nitrogens is 2. The van der Waals surface area contributed by atoms with Gasteiger partial charge in [0.25, 0.3) is 5.69 Å². The maximum Gasteiger partial charge on any atom is 0.279 e. The Labute approximate surface area is 89.8 Å². The van der Waals surface area contributed by atoms with Gasteiger partial charge in [-0.3, -0.25) is 15.2 Å². The van der Waals surface area contributed by atoms with Crippen molar-refractivity contribution < 1.29 is 4.92 Å². The molecule has 5 nitrogen and oxygen atoms in total. The van der Waals surface area contributed by atoms with Gasteiger partial charge < -0.3 is 0 Å². The molecule has 0 atom stereocenters. The fraction of sp³-hybridized carbons (Fsp3) is 0. The second kappa shape index (κ2) is 3.03. The SMILES string of the molecule is O=[N+]([O-])c1cc2[nH]n[c]c2c2ccccc12. The minimum Gasteiger partial charge on any atom is -0.277 e. The molecule has 0 unspecified atom stereocenters. The van der Waals surface area contributed by atoms with Crippen LogP contribution in [-0.4, -0.2) is 15.1 Å². The summed E-state index contributed by atoms with van der Waals surface area (Å²) in [4.78, 5) is 10.6. The number of nitro groups is 1. The number of nitro benzene ring substituents is 1. The highest BCUT2D eigenvalue weighted by atomic mass is 16.6. The van der Waals surface area contributed by atoms with Crippen LogP contribution >= 0.6 is 0 Å². The van der Waals surface area contributed by atoms with Gasteiger partial charge in [-0.1, -0.05) is 18.2 Å². The summed E-state index contributed by atoms with van der Waals surface area (Å²) in [6, 6.07) is 8.67. The monoisotopic (exact) mass is 212 g/mol. The summed E-state index contributed by atoms with van der Waals surface area (Å²) >= 11 is 0. The van der Waals surface area contributed by atoms with Crippen LogP contribution in [0.1, 0.15) is 0 Å². The van der Waals surface area contributed by atoms with Gasteiger partial charge in [-0.05, 0) is 6.07 Å². The lowest BCUT2D eigenvalue weighted by Crippen LogP contribution is -1.89. The minimum absolute atomic E-state index is 0.0840. The molecule has 0 amide bonds. The molecule has 3 rings (SSSR count). The first-order valence-electron chi connectivity index (χ1n) is 4.69. The highest BCUT2D eigenvalue weighted by Gasteiger charge is 2.15. The molecule has 0 saturated heterocycles. The van der Waals surface area contributed by atoms with Crippen LogP contribution < -0.4 is 0 Å². The number of benzene rings is 2. The van der Waals surface area contributed by atoms with Crippen LogP contribution in [0.25, 0.3) is 21.7 Å². The number of non-ortho nitro benzene ring substituents is 1. The summed E-state index contributed by atoms with van der Waals surface area (Å²) in [7, 11) is 0. The predicted molar refractivity (Wildman–Crippen MR) is 59.1 cm³/mol. The van der Waals surface area contributed by atoms with Crippen molar-refractivity contribution in [3.63, 3.8) is 0 Å². The molecule has 0 aliphatic carbocycles. The molecule has 1 heterocycles. The third kappa shape index (κ3) is 1.08. The van der Waals surface area contributed by atoms with E-state index in [0.29, 0.717) is 10.9 Å². The van der Waals surface area contributed by atoms with Crippen molar-refractivity contribution in [2.45, 2.75) is 0 Å². The number of H-pyrrole nitrogens is 1. The highest BCUT2D eigenvalue weighted by molar-refractivity contribution is 6.09. The molecular formula is C11H6N3O2. The first-order valence-corrected chi connectivity index (χ1v) is 4.69. The molecule has 2 aromatic carbocycles. The van der Waals surface area contributed by atoms with E-state index in [0.717, 1.165) is 10.8 Å². The van der Waals surface area contributed by atoms with E-state index in [-0.39, 0.29) is 10.6 Å². The van der Waals surface area contributed by atoms with Crippen molar-refractivity contribution in [1.29, 1.82) is 0 Å². The summed E-state index contributed by atoms with van der Waals surface area (Å²) in [5.74, 6) is 0. The number of hydrogen-bond acceptors (Lipinski definition) is 3. The third-order valence-electron chi connectivity index (χ3n) is 2.56. The van der Waals surface area contributed by atoms with Gasteiger partial charge >= 0.3 is 0 Å². The zero-order valence-electron chi connectivity index (χ0n) is 8.10. The van der Waals surface area contributed by atoms with E-state index in [2.05, 4.69) is 16.4 Å². The van der Waals surface area contributed by atoms with Gasteiger partial charge in [-0.2, -0.15) is 5.10 Å². The van der Waals surface area contributed by atoms with Crippen LogP contribution in [0.3, 0.4) is 0 Å². The van der Waals surface area contributed by atoms with Gasteiger partial charge in [-0.15, -0.1) is 0 Å². The highest BCUT2D eigenvalue weighted by Crippen LogP contribution is 2.31. The van der Waals surface area contributed by atoms with Crippen molar-refractivity contribution in [3.8, 4) is 0 Å². The van der Waals surface area contributed by atoms with Gasteiger partial charge in [0.1, 0.15) is 6.20 Å². The van der Waals surface area contributed by atoms with Crippen LogP contribution in [0.2, 0.25) is 0 Å². The molecule has 0 bridgehead atoms. The fourth-order valence-electron chi connectivity index (χ4n) is 1.86. The largest absolute Gasteiger partial charge is 0.279 e. The van der Waals surface area contributed by atoms with Crippen LogP contribution in [0, 0.1) is 16.3 Å². The van der Waals surface area contributed by atoms with E-state index in [1.54, 1.807) is 12.1 Å². The predicted octanol–water partition coefficient (Wildman–Crippen LogP) is 2.42. The van der Waals surface area contributed by atoms with Crippen molar-refractivity contribution in [1.82, 2.24) is 10.2 Å². The molecule has 1 radical (unpaired) electrons. The lowest BCUT2D eigenvalue weighted by atomic mass is 10.1. The second-order valence-corrected chi connectivity index (χ2v) is 3.46. The van der Waals surface area contributed by atoms with Crippen molar-refractivity contribution in [2.75, 3.05) is 0 Å². The van der Waals surface area contributed by atoms with Gasteiger partial charge in [-0.25, -0.2) is 0 Å². The number of rotatable bonds is 1. The molecular weight excluding hydrogens is 206 g/mol. The van der Waals surface area contributed by atoms with E-state index in [1.165, 1.54) is 6.07 Å². The lowest BCUT2D eigenvalue weighted by molar-refractivity contribution is -0.382. The molecule has 5 heteroatoms. The average molecular weight is 212 g/mol. The molecule has 3 aromatic rings. The zero-order valence-corrected chi connectivity index (χ0v) is 8.10. The molecule has 77 valence electrons. The van der Waals surface area contributed by atoms with Crippen LogP contribution in [0.15, 0.2) is 30.3 Å². The van der Waals surface area contributed by atoms with Gasteiger partial charge in [0, 0.05) is 16.8 Å². The number of nitrogens with one attached hydrogen (secondary N) is 1. The normalized spacial score (nSPS) is 11.0. The first kappa shape index (κ1) is 8.84. The molecule has 16 heavy (non-hydrogen) atoms. The molecule has 0 spiro atoms. The Balaban J connectivity index is 2.60. The topological polar surface area (TPSA) is 71.8 Å². The Morgan fingerprint density at radius 1 is 1.31 bits per heavy atom. The number of hydrogen-bond donors (Lipinski definition) is 1. The van der Waals surface area contributed by atoms with E-state index >= 15 is 0 Å². The maximum atomic E-state index is 10.9. The van der Waals surface area contributed by atoms with E-state index < -0.39 is 0 Å². The average Bonchev–Trinajstić information content (AvgIpc) is 2.75. The van der Waals surface area contributed by atoms with E-state index in [4.69, 9.17) is 0 Å². The number of nitrogens with zero attached hydrogens (tertiary/aromatic N) is 2. The molecule has 1 N–H and O–H groups in total. The Kier molecular flexibility index (Phi) is 1.67. The van der Waals surface area contributed by atoms with Crippen molar-refractivity contribution >= 4 is 27.4 Å². The number of fused-ring (bicyclic) bond motifs is 3. The summed E-state index contributed by atoms with van der Waals surface area (Å²) < 4.78 is 0. The molecule has 0 saturated carbocycles. The molecule has 1 aromatic heterocycles. The Morgan fingerprint density at radius 3 is 2.81 bits per heavy atom. The molecule has 0 fully saturated rings. The Hall–Kier alpha value is -2.43. The lowest BCUT2D eigenvalue weighted by Gasteiger charge is -2.00. The summed E-state index contributed by atoms with van der Waals surface area (Å²) in [5, 5.41) is 19.6. The Morgan fingerprint density at radius 2 is 2.06 bits per heavy atom. The Bertz CT molecular complexity index is 703. The summed E-state index contributed by atoms with van der Waals surface area (Å²) in [6.45, 7) is 0. The standard InChI is InChI=1S/C11H6N3O2/c15-14(16)11-5-10-9(6-12-13-10)7-3-1-2-4-8(7)11/h1-5H,(H,12,13).